The van der Waals surface area contributed by atoms with Gasteiger partial charge < -0.3 is 10.2 Å². The molecule has 4 rings (SSSR count). The van der Waals surface area contributed by atoms with Gasteiger partial charge in [0.25, 0.3) is 5.91 Å². The van der Waals surface area contributed by atoms with Crippen molar-refractivity contribution < 1.29 is 4.79 Å². The molecule has 0 aliphatic carbocycles. The molecule has 2 heterocycles. The summed E-state index contributed by atoms with van der Waals surface area (Å²) in [6.45, 7) is 3.99. The molecular formula is C23H28BrN3O. The van der Waals surface area contributed by atoms with Crippen LogP contribution in [-0.2, 0) is 6.42 Å². The highest BCUT2D eigenvalue weighted by Gasteiger charge is 2.25. The highest BCUT2D eigenvalue weighted by molar-refractivity contribution is 9.10. The lowest BCUT2D eigenvalue weighted by atomic mass is 9.96. The molecule has 1 saturated heterocycles. The maximum atomic E-state index is 12.6. The minimum Gasteiger partial charge on any atom is -0.374 e. The van der Waals surface area contributed by atoms with Gasteiger partial charge in [-0.2, -0.15) is 0 Å². The molecule has 0 spiro atoms. The van der Waals surface area contributed by atoms with E-state index in [1.54, 1.807) is 0 Å². The standard InChI is InChI=1S/C23H28BrN3O/c1-26-12-4-5-18-15-19(8-11-21(18)26)22(27-13-2-3-14-27)16-25-23(28)17-6-9-20(24)10-7-17/h6-11,15,22H,2-5,12-14,16H2,1H3,(H,25,28)/t22-/m1/s1. The first-order chi connectivity index (χ1) is 13.6. The van der Waals surface area contributed by atoms with E-state index in [-0.39, 0.29) is 11.9 Å². The van der Waals surface area contributed by atoms with Gasteiger partial charge in [-0.15, -0.1) is 0 Å². The maximum absolute atomic E-state index is 12.6. The molecule has 1 N–H and O–H groups in total. The van der Waals surface area contributed by atoms with Crippen molar-refractivity contribution in [2.75, 3.05) is 38.1 Å². The minimum atomic E-state index is -0.00519. The number of halogens is 1. The van der Waals surface area contributed by atoms with E-state index in [0.717, 1.165) is 30.5 Å². The number of carbonyl (C=O) groups excluding carboxylic acids is 1. The van der Waals surface area contributed by atoms with Crippen LogP contribution in [0.1, 0.15) is 46.8 Å². The highest BCUT2D eigenvalue weighted by atomic mass is 79.9. The van der Waals surface area contributed by atoms with E-state index in [1.165, 1.54) is 36.1 Å². The number of likely N-dealkylation sites (tertiary alicyclic amines) is 1. The van der Waals surface area contributed by atoms with E-state index in [4.69, 9.17) is 0 Å². The van der Waals surface area contributed by atoms with Crippen molar-refractivity contribution >= 4 is 27.5 Å². The lowest BCUT2D eigenvalue weighted by Gasteiger charge is -2.32. The minimum absolute atomic E-state index is 0.00519. The molecule has 148 valence electrons. The second-order valence-electron chi connectivity index (χ2n) is 7.89. The van der Waals surface area contributed by atoms with Gasteiger partial charge in [0.2, 0.25) is 0 Å². The molecule has 1 fully saturated rings. The lowest BCUT2D eigenvalue weighted by Crippen LogP contribution is -2.37. The van der Waals surface area contributed by atoms with Crippen LogP contribution in [-0.4, -0.2) is 44.0 Å². The Bertz CT molecular complexity index is 830. The van der Waals surface area contributed by atoms with Crippen LogP contribution in [0.4, 0.5) is 5.69 Å². The van der Waals surface area contributed by atoms with Crippen LogP contribution in [0.15, 0.2) is 46.9 Å². The normalized spacial score (nSPS) is 18.0. The van der Waals surface area contributed by atoms with Gasteiger partial charge in [0, 0.05) is 35.9 Å². The molecule has 2 aromatic rings. The van der Waals surface area contributed by atoms with Crippen molar-refractivity contribution in [3.05, 3.63) is 63.6 Å². The molecule has 5 heteroatoms. The topological polar surface area (TPSA) is 35.6 Å². The Labute approximate surface area is 176 Å². The molecule has 2 aliphatic heterocycles. The number of carbonyl (C=O) groups is 1. The monoisotopic (exact) mass is 441 g/mol. The van der Waals surface area contributed by atoms with Crippen LogP contribution in [0, 0.1) is 0 Å². The van der Waals surface area contributed by atoms with Gasteiger partial charge in [0.15, 0.2) is 0 Å². The Balaban J connectivity index is 1.52. The third-order valence-corrected chi connectivity index (χ3v) is 6.51. The third-order valence-electron chi connectivity index (χ3n) is 5.98. The number of anilines is 1. The van der Waals surface area contributed by atoms with Gasteiger partial charge in [-0.3, -0.25) is 9.69 Å². The number of hydrogen-bond donors (Lipinski definition) is 1. The Morgan fingerprint density at radius 1 is 1.07 bits per heavy atom. The first kappa shape index (κ1) is 19.5. The number of nitrogens with one attached hydrogen (secondary N) is 1. The zero-order valence-electron chi connectivity index (χ0n) is 16.5. The van der Waals surface area contributed by atoms with Crippen LogP contribution in [0.3, 0.4) is 0 Å². The van der Waals surface area contributed by atoms with Crippen molar-refractivity contribution in [1.29, 1.82) is 0 Å². The fraction of sp³-hybridized carbons (Fsp3) is 0.435. The molecular weight excluding hydrogens is 414 g/mol. The SMILES string of the molecule is CN1CCCc2cc([C@@H](CNC(=O)c3ccc(Br)cc3)N3CCCC3)ccc21. The Kier molecular flexibility index (Phi) is 6.02. The third kappa shape index (κ3) is 4.26. The molecule has 2 aromatic carbocycles. The molecule has 0 unspecified atom stereocenters. The van der Waals surface area contributed by atoms with Crippen molar-refractivity contribution in [3.63, 3.8) is 0 Å². The summed E-state index contributed by atoms with van der Waals surface area (Å²) in [6.07, 6.45) is 4.84. The Morgan fingerprint density at radius 3 is 2.57 bits per heavy atom. The predicted octanol–water partition coefficient (Wildman–Crippen LogP) is 4.40. The summed E-state index contributed by atoms with van der Waals surface area (Å²) in [4.78, 5) is 17.5. The van der Waals surface area contributed by atoms with E-state index in [9.17, 15) is 4.79 Å². The number of aryl methyl sites for hydroxylation is 1. The van der Waals surface area contributed by atoms with Crippen LogP contribution < -0.4 is 10.2 Å². The average molecular weight is 442 g/mol. The first-order valence-corrected chi connectivity index (χ1v) is 11.0. The number of amides is 1. The summed E-state index contributed by atoms with van der Waals surface area (Å²) in [7, 11) is 2.17. The lowest BCUT2D eigenvalue weighted by molar-refractivity contribution is 0.0938. The van der Waals surface area contributed by atoms with E-state index in [1.807, 2.05) is 24.3 Å². The van der Waals surface area contributed by atoms with Gasteiger partial charge in [0.05, 0.1) is 6.04 Å². The Morgan fingerprint density at radius 2 is 1.82 bits per heavy atom. The summed E-state index contributed by atoms with van der Waals surface area (Å²) in [6, 6.07) is 14.7. The highest BCUT2D eigenvalue weighted by Crippen LogP contribution is 2.31. The van der Waals surface area contributed by atoms with Gasteiger partial charge in [-0.1, -0.05) is 28.1 Å². The molecule has 1 amide bonds. The van der Waals surface area contributed by atoms with E-state index in [2.05, 4.69) is 56.3 Å². The number of hydrogen-bond acceptors (Lipinski definition) is 3. The number of fused-ring (bicyclic) bond motifs is 1. The van der Waals surface area contributed by atoms with Crippen molar-refractivity contribution in [1.82, 2.24) is 10.2 Å². The molecule has 0 aromatic heterocycles. The molecule has 0 radical (unpaired) electrons. The number of benzene rings is 2. The molecule has 4 nitrogen and oxygen atoms in total. The summed E-state index contributed by atoms with van der Waals surface area (Å²) in [5, 5.41) is 3.18. The largest absolute Gasteiger partial charge is 0.374 e. The Hall–Kier alpha value is -1.85. The van der Waals surface area contributed by atoms with E-state index >= 15 is 0 Å². The molecule has 0 saturated carbocycles. The van der Waals surface area contributed by atoms with Crippen LogP contribution in [0.25, 0.3) is 0 Å². The predicted molar refractivity (Wildman–Crippen MR) is 118 cm³/mol. The zero-order valence-corrected chi connectivity index (χ0v) is 18.0. The molecule has 0 bridgehead atoms. The van der Waals surface area contributed by atoms with Gasteiger partial charge >= 0.3 is 0 Å². The smallest absolute Gasteiger partial charge is 0.251 e. The van der Waals surface area contributed by atoms with Gasteiger partial charge in [-0.25, -0.2) is 0 Å². The summed E-state index contributed by atoms with van der Waals surface area (Å²) >= 11 is 3.42. The fourth-order valence-corrected chi connectivity index (χ4v) is 4.68. The van der Waals surface area contributed by atoms with Crippen molar-refractivity contribution in [2.24, 2.45) is 0 Å². The second kappa shape index (κ2) is 8.66. The molecule has 2 aliphatic rings. The molecule has 1 atom stereocenters. The van der Waals surface area contributed by atoms with Gasteiger partial charge in [0.1, 0.15) is 0 Å². The van der Waals surface area contributed by atoms with Crippen LogP contribution in [0.2, 0.25) is 0 Å². The van der Waals surface area contributed by atoms with Gasteiger partial charge in [-0.05, 0) is 80.2 Å². The average Bonchev–Trinajstić information content (AvgIpc) is 3.23. The number of nitrogens with zero attached hydrogens (tertiary/aromatic N) is 2. The number of rotatable bonds is 5. The van der Waals surface area contributed by atoms with Crippen LogP contribution >= 0.6 is 15.9 Å². The summed E-state index contributed by atoms with van der Waals surface area (Å²) in [5.41, 5.74) is 4.83. The fourth-order valence-electron chi connectivity index (χ4n) is 4.42. The van der Waals surface area contributed by atoms with E-state index in [0.29, 0.717) is 12.1 Å². The first-order valence-electron chi connectivity index (χ1n) is 10.2. The molecule has 28 heavy (non-hydrogen) atoms. The van der Waals surface area contributed by atoms with E-state index < -0.39 is 0 Å². The van der Waals surface area contributed by atoms with Crippen molar-refractivity contribution in [2.45, 2.75) is 31.7 Å². The zero-order chi connectivity index (χ0) is 19.5. The quantitative estimate of drug-likeness (QED) is 0.746. The van der Waals surface area contributed by atoms with Crippen molar-refractivity contribution in [3.8, 4) is 0 Å². The summed E-state index contributed by atoms with van der Waals surface area (Å²) in [5.74, 6) is -0.00519. The second-order valence-corrected chi connectivity index (χ2v) is 8.80. The van der Waals surface area contributed by atoms with Crippen LogP contribution in [0.5, 0.6) is 0 Å². The summed E-state index contributed by atoms with van der Waals surface area (Å²) < 4.78 is 0.984. The maximum Gasteiger partial charge on any atom is 0.251 e.